The van der Waals surface area contributed by atoms with Crippen LogP contribution in [0.4, 0.5) is 0 Å². The quantitative estimate of drug-likeness (QED) is 0.793. The number of carbonyl (C=O) groups excluding carboxylic acids is 1. The van der Waals surface area contributed by atoms with Crippen LogP contribution in [-0.4, -0.2) is 32.9 Å². The molecule has 0 unspecified atom stereocenters. The van der Waals surface area contributed by atoms with E-state index in [-0.39, 0.29) is 11.9 Å². The zero-order valence-electron chi connectivity index (χ0n) is 9.82. The number of carboxylic acid groups (broad SMARTS) is 1. The number of nitrogens with zero attached hydrogens (tertiary/aromatic N) is 2. The van der Waals surface area contributed by atoms with Crippen molar-refractivity contribution in [2.24, 2.45) is 0 Å². The van der Waals surface area contributed by atoms with Gasteiger partial charge in [0.25, 0.3) is 0 Å². The van der Waals surface area contributed by atoms with Crippen molar-refractivity contribution >= 4 is 11.9 Å². The Morgan fingerprint density at radius 1 is 1.33 bits per heavy atom. The molecule has 1 fully saturated rings. The lowest BCUT2D eigenvalue weighted by Crippen LogP contribution is -2.31. The third kappa shape index (κ3) is 3.41. The van der Waals surface area contributed by atoms with Crippen molar-refractivity contribution in [1.29, 1.82) is 0 Å². The van der Waals surface area contributed by atoms with E-state index in [1.165, 1.54) is 0 Å². The summed E-state index contributed by atoms with van der Waals surface area (Å²) in [6, 6.07) is 3.94. The zero-order chi connectivity index (χ0) is 13.0. The number of hydrogen-bond acceptors (Lipinski definition) is 3. The Bertz CT molecular complexity index is 466. The summed E-state index contributed by atoms with van der Waals surface area (Å²) in [6.07, 6.45) is 7.32. The second-order valence-corrected chi connectivity index (χ2v) is 4.22. The molecule has 1 heterocycles. The average molecular weight is 246 g/mol. The Morgan fingerprint density at radius 3 is 2.56 bits per heavy atom. The van der Waals surface area contributed by atoms with Crippen LogP contribution in [0.15, 0.2) is 36.7 Å². The number of hydrogen-bond donors (Lipinski definition) is 1. The second kappa shape index (κ2) is 5.44. The van der Waals surface area contributed by atoms with Gasteiger partial charge in [-0.25, -0.2) is 4.79 Å². The van der Waals surface area contributed by atoms with Crippen molar-refractivity contribution in [3.8, 4) is 0 Å². The molecule has 1 aliphatic rings. The SMILES string of the molecule is O=C(O)/C=C/C(=O)N(Cc1ccncc1)C1CC1. The summed E-state index contributed by atoms with van der Waals surface area (Å²) in [5.74, 6) is -1.36. The topological polar surface area (TPSA) is 70.5 Å². The molecule has 0 bridgehead atoms. The van der Waals surface area contributed by atoms with E-state index in [1.807, 2.05) is 12.1 Å². The summed E-state index contributed by atoms with van der Waals surface area (Å²) in [4.78, 5) is 27.9. The predicted molar refractivity (Wildman–Crippen MR) is 64.6 cm³/mol. The molecular formula is C13H14N2O3. The molecule has 1 aromatic heterocycles. The standard InChI is InChI=1S/C13H14N2O3/c16-12(3-4-13(17)18)15(11-1-2-11)9-10-5-7-14-8-6-10/h3-8,11H,1-2,9H2,(H,17,18)/b4-3+. The van der Waals surface area contributed by atoms with Crippen LogP contribution < -0.4 is 0 Å². The van der Waals surface area contributed by atoms with Crippen LogP contribution in [0.5, 0.6) is 0 Å². The molecule has 1 N–H and O–H groups in total. The largest absolute Gasteiger partial charge is 0.478 e. The number of carboxylic acids is 1. The molecular weight excluding hydrogens is 232 g/mol. The Kier molecular flexibility index (Phi) is 3.72. The number of aromatic nitrogens is 1. The first kappa shape index (κ1) is 12.3. The van der Waals surface area contributed by atoms with Gasteiger partial charge in [-0.15, -0.1) is 0 Å². The molecule has 1 amide bonds. The highest BCUT2D eigenvalue weighted by molar-refractivity contribution is 5.94. The van der Waals surface area contributed by atoms with Crippen molar-refractivity contribution in [3.05, 3.63) is 42.2 Å². The van der Waals surface area contributed by atoms with Crippen molar-refractivity contribution in [1.82, 2.24) is 9.88 Å². The highest BCUT2D eigenvalue weighted by Crippen LogP contribution is 2.28. The van der Waals surface area contributed by atoms with E-state index in [4.69, 9.17) is 5.11 Å². The Balaban J connectivity index is 2.04. The second-order valence-electron chi connectivity index (χ2n) is 4.22. The average Bonchev–Trinajstić information content (AvgIpc) is 3.18. The summed E-state index contributed by atoms with van der Waals surface area (Å²) in [5, 5.41) is 8.52. The number of amides is 1. The van der Waals surface area contributed by atoms with Crippen molar-refractivity contribution in [3.63, 3.8) is 0 Å². The van der Waals surface area contributed by atoms with Crippen LogP contribution in [0.2, 0.25) is 0 Å². The van der Waals surface area contributed by atoms with Crippen LogP contribution >= 0.6 is 0 Å². The van der Waals surface area contributed by atoms with Crippen LogP contribution in [0, 0.1) is 0 Å². The summed E-state index contributed by atoms with van der Waals surface area (Å²) >= 11 is 0. The Labute approximate surface area is 105 Å². The van der Waals surface area contributed by atoms with E-state index < -0.39 is 5.97 Å². The predicted octanol–water partition coefficient (Wildman–Crippen LogP) is 1.21. The van der Waals surface area contributed by atoms with Crippen LogP contribution in [-0.2, 0) is 16.1 Å². The highest BCUT2D eigenvalue weighted by Gasteiger charge is 2.31. The normalized spacial score (nSPS) is 14.7. The van der Waals surface area contributed by atoms with Crippen molar-refractivity contribution < 1.29 is 14.7 Å². The maximum absolute atomic E-state index is 11.9. The molecule has 1 saturated carbocycles. The summed E-state index contributed by atoms with van der Waals surface area (Å²) in [7, 11) is 0. The van der Waals surface area contributed by atoms with Gasteiger partial charge in [-0.3, -0.25) is 9.78 Å². The number of aliphatic carboxylic acids is 1. The lowest BCUT2D eigenvalue weighted by atomic mass is 10.2. The molecule has 94 valence electrons. The van der Waals surface area contributed by atoms with Crippen LogP contribution in [0.1, 0.15) is 18.4 Å². The smallest absolute Gasteiger partial charge is 0.328 e. The van der Waals surface area contributed by atoms with Crippen LogP contribution in [0.3, 0.4) is 0 Å². The van der Waals surface area contributed by atoms with Gasteiger partial charge in [-0.1, -0.05) is 0 Å². The minimum Gasteiger partial charge on any atom is -0.478 e. The van der Waals surface area contributed by atoms with Gasteiger partial charge in [0.1, 0.15) is 0 Å². The summed E-state index contributed by atoms with van der Waals surface area (Å²) < 4.78 is 0. The molecule has 5 heteroatoms. The molecule has 2 rings (SSSR count). The van der Waals surface area contributed by atoms with E-state index in [9.17, 15) is 9.59 Å². The van der Waals surface area contributed by atoms with E-state index >= 15 is 0 Å². The first-order valence-corrected chi connectivity index (χ1v) is 5.77. The maximum Gasteiger partial charge on any atom is 0.328 e. The first-order chi connectivity index (χ1) is 8.66. The summed E-state index contributed by atoms with van der Waals surface area (Å²) in [6.45, 7) is 0.496. The van der Waals surface area contributed by atoms with Crippen LogP contribution in [0.25, 0.3) is 0 Å². The lowest BCUT2D eigenvalue weighted by Gasteiger charge is -2.20. The van der Waals surface area contributed by atoms with E-state index in [1.54, 1.807) is 17.3 Å². The van der Waals surface area contributed by atoms with Crippen molar-refractivity contribution in [2.75, 3.05) is 0 Å². The minimum atomic E-state index is -1.11. The molecule has 0 aromatic carbocycles. The lowest BCUT2D eigenvalue weighted by molar-refractivity contribution is -0.132. The van der Waals surface area contributed by atoms with Crippen molar-refractivity contribution in [2.45, 2.75) is 25.4 Å². The molecule has 0 saturated heterocycles. The van der Waals surface area contributed by atoms with Gasteiger partial charge in [-0.2, -0.15) is 0 Å². The molecule has 1 aliphatic carbocycles. The van der Waals surface area contributed by atoms with E-state index in [0.29, 0.717) is 6.54 Å². The van der Waals surface area contributed by atoms with E-state index in [0.717, 1.165) is 30.6 Å². The first-order valence-electron chi connectivity index (χ1n) is 5.77. The fourth-order valence-corrected chi connectivity index (χ4v) is 1.70. The third-order valence-corrected chi connectivity index (χ3v) is 2.74. The Hall–Kier alpha value is -2.17. The molecule has 18 heavy (non-hydrogen) atoms. The monoisotopic (exact) mass is 246 g/mol. The fourth-order valence-electron chi connectivity index (χ4n) is 1.70. The molecule has 0 atom stereocenters. The van der Waals surface area contributed by atoms with Gasteiger partial charge in [0.05, 0.1) is 0 Å². The van der Waals surface area contributed by atoms with Gasteiger partial charge < -0.3 is 10.0 Å². The molecule has 1 aromatic rings. The van der Waals surface area contributed by atoms with Gasteiger partial charge in [0.2, 0.25) is 5.91 Å². The van der Waals surface area contributed by atoms with Gasteiger partial charge in [-0.05, 0) is 30.5 Å². The summed E-state index contributed by atoms with van der Waals surface area (Å²) in [5.41, 5.74) is 0.994. The van der Waals surface area contributed by atoms with Gasteiger partial charge in [0.15, 0.2) is 0 Å². The number of pyridine rings is 1. The zero-order valence-corrected chi connectivity index (χ0v) is 9.82. The molecule has 0 spiro atoms. The highest BCUT2D eigenvalue weighted by atomic mass is 16.4. The number of carbonyl (C=O) groups is 2. The maximum atomic E-state index is 11.9. The van der Waals surface area contributed by atoms with E-state index in [2.05, 4.69) is 4.98 Å². The molecule has 0 radical (unpaired) electrons. The third-order valence-electron chi connectivity index (χ3n) is 2.74. The molecule has 5 nitrogen and oxygen atoms in total. The minimum absolute atomic E-state index is 0.240. The van der Waals surface area contributed by atoms with Gasteiger partial charge >= 0.3 is 5.97 Å². The Morgan fingerprint density at radius 2 is 2.00 bits per heavy atom. The van der Waals surface area contributed by atoms with Gasteiger partial charge in [0, 0.05) is 37.1 Å². The molecule has 0 aliphatic heterocycles. The number of rotatable bonds is 5. The fraction of sp³-hybridized carbons (Fsp3) is 0.308.